The van der Waals surface area contributed by atoms with Crippen LogP contribution in [0.4, 0.5) is 34.1 Å². The molecule has 0 radical (unpaired) electrons. The number of benzene rings is 12. The molecule has 6 nitrogen and oxygen atoms in total. The summed E-state index contributed by atoms with van der Waals surface area (Å²) >= 11 is 0. The number of rotatable bonds is 10. The highest BCUT2D eigenvalue weighted by molar-refractivity contribution is 6.28. The molecule has 0 heterocycles. The lowest BCUT2D eigenvalue weighted by Crippen LogP contribution is -2.12. The molecule has 0 atom stereocenters. The van der Waals surface area contributed by atoms with Crippen molar-refractivity contribution < 1.29 is 0 Å². The molecule has 0 saturated heterocycles. The number of nitriles is 4. The monoisotopic (exact) mass is 940 g/mol. The lowest BCUT2D eigenvalue weighted by molar-refractivity contribution is 1.29. The minimum absolute atomic E-state index is 0.542. The Balaban J connectivity index is 1.11. The maximum absolute atomic E-state index is 10.3. The molecule has 0 aromatic heterocycles. The average molecular weight is 941 g/mol. The largest absolute Gasteiger partial charge is 0.310 e. The van der Waals surface area contributed by atoms with Crippen LogP contribution < -0.4 is 9.80 Å². The third-order valence-corrected chi connectivity index (χ3v) is 13.8. The lowest BCUT2D eigenvalue weighted by Gasteiger charge is -2.30. The molecule has 0 aliphatic heterocycles. The van der Waals surface area contributed by atoms with Gasteiger partial charge in [0.1, 0.15) is 0 Å². The van der Waals surface area contributed by atoms with Crippen LogP contribution in [0.3, 0.4) is 0 Å². The van der Waals surface area contributed by atoms with E-state index in [-0.39, 0.29) is 0 Å². The molecule has 342 valence electrons. The van der Waals surface area contributed by atoms with Crippen molar-refractivity contribution in [2.45, 2.75) is 0 Å². The Labute approximate surface area is 428 Å². The Morgan fingerprint density at radius 1 is 0.243 bits per heavy atom. The van der Waals surface area contributed by atoms with Gasteiger partial charge < -0.3 is 9.80 Å². The van der Waals surface area contributed by atoms with Gasteiger partial charge in [-0.15, -0.1) is 0 Å². The smallest absolute Gasteiger partial charge is 0.0992 e. The first-order valence-corrected chi connectivity index (χ1v) is 24.2. The molecule has 12 aromatic carbocycles. The van der Waals surface area contributed by atoms with Gasteiger partial charge in [0.25, 0.3) is 0 Å². The maximum atomic E-state index is 10.3. The first kappa shape index (κ1) is 44.4. The second kappa shape index (κ2) is 18.9. The number of hydrogen-bond donors (Lipinski definition) is 0. The van der Waals surface area contributed by atoms with E-state index >= 15 is 0 Å². The number of nitrogens with zero attached hydrogens (tertiary/aromatic N) is 6. The van der Waals surface area contributed by atoms with Gasteiger partial charge in [0.15, 0.2) is 0 Å². The SMILES string of the molecule is N#Cc1ccc(-c2cc(-c3ccccc3)cc(N(c3cccc(C#N)c3)c3ccc4ccc5c(N(c6cccc(C#N)c6)c6cc(-c7ccccc7)cc(-c7ccc(C#N)cc7)c6)ccc6ccc3c4c65)c2)cc1. The summed E-state index contributed by atoms with van der Waals surface area (Å²) in [6.45, 7) is 0. The van der Waals surface area contributed by atoms with Crippen molar-refractivity contribution in [3.63, 3.8) is 0 Å². The topological polar surface area (TPSA) is 102 Å². The second-order valence-electron chi connectivity index (χ2n) is 18.2. The van der Waals surface area contributed by atoms with Crippen molar-refractivity contribution >= 4 is 66.4 Å². The zero-order chi connectivity index (χ0) is 50.1. The molecule has 12 rings (SSSR count). The molecule has 74 heavy (non-hydrogen) atoms. The Hall–Kier alpha value is -10.8. The zero-order valence-electron chi connectivity index (χ0n) is 39.8. The number of hydrogen-bond acceptors (Lipinski definition) is 6. The van der Waals surface area contributed by atoms with Crippen LogP contribution in [0.25, 0.3) is 76.8 Å². The highest BCUT2D eigenvalue weighted by Gasteiger charge is 2.24. The molecular weight excluding hydrogens is 901 g/mol. The highest BCUT2D eigenvalue weighted by Crippen LogP contribution is 2.49. The van der Waals surface area contributed by atoms with E-state index in [9.17, 15) is 21.0 Å². The fraction of sp³-hybridized carbons (Fsp3) is 0. The van der Waals surface area contributed by atoms with Crippen molar-refractivity contribution in [3.05, 3.63) is 265 Å². The lowest BCUT2D eigenvalue weighted by atomic mass is 9.91. The molecule has 0 aliphatic rings. The molecule has 0 spiro atoms. The number of anilines is 6. The molecule has 0 bridgehead atoms. The van der Waals surface area contributed by atoms with E-state index in [2.05, 4.69) is 155 Å². The zero-order valence-corrected chi connectivity index (χ0v) is 39.8. The van der Waals surface area contributed by atoms with Gasteiger partial charge in [0.05, 0.1) is 57.9 Å². The van der Waals surface area contributed by atoms with Crippen molar-refractivity contribution in [2.24, 2.45) is 0 Å². The van der Waals surface area contributed by atoms with E-state index in [4.69, 9.17) is 0 Å². The van der Waals surface area contributed by atoms with Crippen LogP contribution >= 0.6 is 0 Å². The Morgan fingerprint density at radius 3 is 0.959 bits per heavy atom. The minimum Gasteiger partial charge on any atom is -0.310 e. The average Bonchev–Trinajstić information content (AvgIpc) is 3.47. The van der Waals surface area contributed by atoms with Crippen LogP contribution in [0.1, 0.15) is 22.3 Å². The summed E-state index contributed by atoms with van der Waals surface area (Å²) in [5.74, 6) is 0. The Morgan fingerprint density at radius 2 is 0.595 bits per heavy atom. The van der Waals surface area contributed by atoms with Crippen LogP contribution in [0.15, 0.2) is 243 Å². The summed E-state index contributed by atoms with van der Waals surface area (Å²) in [5.41, 5.74) is 15.6. The van der Waals surface area contributed by atoms with Gasteiger partial charge in [-0.2, -0.15) is 21.0 Å². The van der Waals surface area contributed by atoms with Gasteiger partial charge in [0, 0.05) is 33.5 Å². The molecule has 0 N–H and O–H groups in total. The second-order valence-corrected chi connectivity index (χ2v) is 18.2. The van der Waals surface area contributed by atoms with Gasteiger partial charge in [-0.05, 0) is 175 Å². The maximum Gasteiger partial charge on any atom is 0.0992 e. The fourth-order valence-electron chi connectivity index (χ4n) is 10.3. The van der Waals surface area contributed by atoms with E-state index in [1.807, 2.05) is 121 Å². The molecule has 0 fully saturated rings. The molecule has 0 aliphatic carbocycles. The van der Waals surface area contributed by atoms with Crippen LogP contribution in [-0.2, 0) is 0 Å². The van der Waals surface area contributed by atoms with Gasteiger partial charge in [0.2, 0.25) is 0 Å². The van der Waals surface area contributed by atoms with Gasteiger partial charge in [-0.25, -0.2) is 0 Å². The standard InChI is InChI=1S/C68H40N6/c69-41-45-17-21-51(22-18-45)57-35-55(49-11-3-1-4-12-49)37-61(39-57)73(59-15-7-9-47(33-59)43-71)65-31-27-53-26-30-64-66(32-28-54-25-29-63(65)67(53)68(54)64)74(60-16-8-10-48(34-60)44-72)62-38-56(50-13-5-2-6-14-50)36-58(40-62)52-23-19-46(42-70)20-24-52/h1-40H. The van der Waals surface area contributed by atoms with E-state index in [1.165, 1.54) is 0 Å². The van der Waals surface area contributed by atoms with Crippen molar-refractivity contribution in [1.29, 1.82) is 21.0 Å². The minimum atomic E-state index is 0.542. The molecule has 0 saturated carbocycles. The quantitative estimate of drug-likeness (QED) is 0.127. The van der Waals surface area contributed by atoms with E-state index in [0.717, 1.165) is 111 Å². The van der Waals surface area contributed by atoms with Crippen molar-refractivity contribution in [2.75, 3.05) is 9.80 Å². The fourth-order valence-corrected chi connectivity index (χ4v) is 10.3. The first-order valence-electron chi connectivity index (χ1n) is 24.2. The third-order valence-electron chi connectivity index (χ3n) is 13.8. The third kappa shape index (κ3) is 8.14. The Kier molecular flexibility index (Phi) is 11.3. The van der Waals surface area contributed by atoms with Crippen LogP contribution in [-0.4, -0.2) is 0 Å². The van der Waals surface area contributed by atoms with Crippen molar-refractivity contribution in [1.82, 2.24) is 0 Å². The summed E-state index contributed by atoms with van der Waals surface area (Å²) in [7, 11) is 0. The summed E-state index contributed by atoms with van der Waals surface area (Å²) in [6, 6.07) is 91.6. The molecule has 0 unspecified atom stereocenters. The summed E-state index contributed by atoms with van der Waals surface area (Å²) in [5, 5.41) is 46.3. The van der Waals surface area contributed by atoms with E-state index < -0.39 is 0 Å². The summed E-state index contributed by atoms with van der Waals surface area (Å²) in [6.07, 6.45) is 0. The van der Waals surface area contributed by atoms with Gasteiger partial charge >= 0.3 is 0 Å². The summed E-state index contributed by atoms with van der Waals surface area (Å²) in [4.78, 5) is 4.51. The van der Waals surface area contributed by atoms with Crippen molar-refractivity contribution in [3.8, 4) is 68.8 Å². The normalized spacial score (nSPS) is 10.9. The molecule has 0 amide bonds. The first-order chi connectivity index (χ1) is 36.5. The predicted octanol–water partition coefficient (Wildman–Crippen LogP) is 17.7. The Bertz CT molecular complexity index is 4010. The highest BCUT2D eigenvalue weighted by atomic mass is 15.2. The summed E-state index contributed by atoms with van der Waals surface area (Å²) < 4.78 is 0. The van der Waals surface area contributed by atoms with E-state index in [0.29, 0.717) is 22.3 Å². The van der Waals surface area contributed by atoms with E-state index in [1.54, 1.807) is 0 Å². The molecule has 12 aromatic rings. The molecule has 6 heteroatoms. The predicted molar refractivity (Wildman–Crippen MR) is 300 cm³/mol. The molecular formula is C68H40N6. The van der Waals surface area contributed by atoms with Crippen LogP contribution in [0.2, 0.25) is 0 Å². The van der Waals surface area contributed by atoms with Crippen LogP contribution in [0, 0.1) is 45.3 Å². The van der Waals surface area contributed by atoms with Gasteiger partial charge in [-0.3, -0.25) is 0 Å². The van der Waals surface area contributed by atoms with Crippen LogP contribution in [0.5, 0.6) is 0 Å². The van der Waals surface area contributed by atoms with Gasteiger partial charge in [-0.1, -0.05) is 133 Å².